The lowest BCUT2D eigenvalue weighted by Gasteiger charge is -2.10. The summed E-state index contributed by atoms with van der Waals surface area (Å²) in [5.41, 5.74) is 0.537. The molecule has 0 heterocycles. The molecule has 0 aliphatic heterocycles. The molecule has 2 N–H and O–H groups in total. The number of benzene rings is 1. The SMILES string of the molecule is CCCCOc1ccccc1NS(=O)O. The Morgan fingerprint density at radius 2 is 2.20 bits per heavy atom. The van der Waals surface area contributed by atoms with Gasteiger partial charge in [0.1, 0.15) is 5.75 Å². The van der Waals surface area contributed by atoms with Crippen LogP contribution in [0, 0.1) is 0 Å². The van der Waals surface area contributed by atoms with E-state index in [0.29, 0.717) is 18.0 Å². The minimum Gasteiger partial charge on any atom is -0.491 e. The van der Waals surface area contributed by atoms with E-state index in [0.717, 1.165) is 12.8 Å². The number of hydrogen-bond donors (Lipinski definition) is 2. The third-order valence-corrected chi connectivity index (χ3v) is 2.23. The first-order chi connectivity index (χ1) is 7.24. The zero-order valence-corrected chi connectivity index (χ0v) is 9.42. The fourth-order valence-electron chi connectivity index (χ4n) is 1.10. The van der Waals surface area contributed by atoms with Crippen molar-refractivity contribution in [2.45, 2.75) is 19.8 Å². The van der Waals surface area contributed by atoms with Gasteiger partial charge in [0.05, 0.1) is 12.3 Å². The standard InChI is InChI=1S/C10H15NO3S/c1-2-3-8-14-10-7-5-4-6-9(10)11-15(12)13/h4-7,11H,2-3,8H2,1H3,(H,12,13). The maximum absolute atomic E-state index is 10.6. The zero-order valence-electron chi connectivity index (χ0n) is 8.60. The molecule has 1 aromatic carbocycles. The van der Waals surface area contributed by atoms with Gasteiger partial charge in [-0.1, -0.05) is 25.5 Å². The second-order valence-electron chi connectivity index (χ2n) is 3.05. The quantitative estimate of drug-likeness (QED) is 0.581. The number of unbranched alkanes of at least 4 members (excludes halogenated alkanes) is 1. The van der Waals surface area contributed by atoms with Crippen molar-refractivity contribution in [1.29, 1.82) is 0 Å². The van der Waals surface area contributed by atoms with Crippen molar-refractivity contribution in [2.24, 2.45) is 0 Å². The van der Waals surface area contributed by atoms with Crippen LogP contribution in [-0.4, -0.2) is 15.4 Å². The Balaban J connectivity index is 2.64. The van der Waals surface area contributed by atoms with Crippen molar-refractivity contribution in [3.05, 3.63) is 24.3 Å². The van der Waals surface area contributed by atoms with Gasteiger partial charge in [0.15, 0.2) is 0 Å². The molecule has 0 spiro atoms. The molecule has 0 aliphatic rings. The third kappa shape index (κ3) is 4.31. The van der Waals surface area contributed by atoms with Gasteiger partial charge in [-0.15, -0.1) is 0 Å². The maximum Gasteiger partial charge on any atom is 0.259 e. The van der Waals surface area contributed by atoms with Gasteiger partial charge in [-0.05, 0) is 18.6 Å². The van der Waals surface area contributed by atoms with E-state index in [2.05, 4.69) is 11.6 Å². The molecule has 1 atom stereocenters. The topological polar surface area (TPSA) is 58.6 Å². The molecule has 0 bridgehead atoms. The summed E-state index contributed by atoms with van der Waals surface area (Å²) in [6.45, 7) is 2.70. The van der Waals surface area contributed by atoms with Crippen LogP contribution in [0.1, 0.15) is 19.8 Å². The van der Waals surface area contributed by atoms with Crippen LogP contribution in [0.25, 0.3) is 0 Å². The van der Waals surface area contributed by atoms with E-state index in [1.54, 1.807) is 18.2 Å². The Labute approximate surface area is 92.1 Å². The van der Waals surface area contributed by atoms with Gasteiger partial charge in [-0.25, -0.2) is 4.21 Å². The lowest BCUT2D eigenvalue weighted by Crippen LogP contribution is -2.05. The van der Waals surface area contributed by atoms with Gasteiger partial charge < -0.3 is 4.74 Å². The van der Waals surface area contributed by atoms with Crippen molar-refractivity contribution in [1.82, 2.24) is 0 Å². The van der Waals surface area contributed by atoms with E-state index in [1.807, 2.05) is 6.07 Å². The van der Waals surface area contributed by atoms with Gasteiger partial charge >= 0.3 is 0 Å². The average molecular weight is 229 g/mol. The molecule has 0 aliphatic carbocycles. The summed E-state index contributed by atoms with van der Waals surface area (Å²) in [4.78, 5) is 0. The highest BCUT2D eigenvalue weighted by Gasteiger charge is 2.03. The lowest BCUT2D eigenvalue weighted by molar-refractivity contribution is 0.311. The van der Waals surface area contributed by atoms with E-state index in [9.17, 15) is 4.21 Å². The van der Waals surface area contributed by atoms with Crippen molar-refractivity contribution in [2.75, 3.05) is 11.3 Å². The van der Waals surface area contributed by atoms with Crippen LogP contribution in [0.3, 0.4) is 0 Å². The van der Waals surface area contributed by atoms with Gasteiger partial charge in [-0.3, -0.25) is 9.27 Å². The second-order valence-corrected chi connectivity index (χ2v) is 3.75. The van der Waals surface area contributed by atoms with Crippen LogP contribution in [0.5, 0.6) is 5.75 Å². The third-order valence-electron chi connectivity index (χ3n) is 1.84. The number of nitrogens with one attached hydrogen (secondary N) is 1. The van der Waals surface area contributed by atoms with Crippen LogP contribution in [0.4, 0.5) is 5.69 Å². The molecule has 5 heteroatoms. The Morgan fingerprint density at radius 3 is 2.87 bits per heavy atom. The summed E-state index contributed by atoms with van der Waals surface area (Å²) in [7, 11) is 0. The predicted octanol–water partition coefficient (Wildman–Crippen LogP) is 2.41. The zero-order chi connectivity index (χ0) is 11.1. The first-order valence-corrected chi connectivity index (χ1v) is 5.94. The number of ether oxygens (including phenoxy) is 1. The van der Waals surface area contributed by atoms with E-state index >= 15 is 0 Å². The molecule has 1 aromatic rings. The summed E-state index contributed by atoms with van der Waals surface area (Å²) < 4.78 is 27.2. The normalized spacial score (nSPS) is 12.1. The molecule has 0 aromatic heterocycles. The van der Waals surface area contributed by atoms with Crippen LogP contribution in [-0.2, 0) is 11.3 Å². The molecule has 0 saturated heterocycles. The minimum atomic E-state index is -2.06. The number of anilines is 1. The molecule has 0 fully saturated rings. The summed E-state index contributed by atoms with van der Waals surface area (Å²) in [6.07, 6.45) is 2.03. The first kappa shape index (κ1) is 12.0. The second kappa shape index (κ2) is 6.42. The average Bonchev–Trinajstić information content (AvgIpc) is 2.20. The lowest BCUT2D eigenvalue weighted by atomic mass is 10.3. The highest BCUT2D eigenvalue weighted by atomic mass is 32.2. The summed E-state index contributed by atoms with van der Waals surface area (Å²) in [6, 6.07) is 7.08. The highest BCUT2D eigenvalue weighted by Crippen LogP contribution is 2.24. The molecule has 15 heavy (non-hydrogen) atoms. The molecule has 4 nitrogen and oxygen atoms in total. The molecular weight excluding hydrogens is 214 g/mol. The Morgan fingerprint density at radius 1 is 1.47 bits per heavy atom. The van der Waals surface area contributed by atoms with Crippen LogP contribution < -0.4 is 9.46 Å². The molecule has 1 unspecified atom stereocenters. The molecule has 0 saturated carbocycles. The Bertz CT molecular complexity index is 330. The Hall–Kier alpha value is -1.07. The van der Waals surface area contributed by atoms with Crippen molar-refractivity contribution < 1.29 is 13.5 Å². The number of hydrogen-bond acceptors (Lipinski definition) is 2. The molecule has 1 rings (SSSR count). The molecular formula is C10H15NO3S. The summed E-state index contributed by atoms with van der Waals surface area (Å²) in [5, 5.41) is 0. The highest BCUT2D eigenvalue weighted by molar-refractivity contribution is 7.80. The monoisotopic (exact) mass is 229 g/mol. The van der Waals surface area contributed by atoms with Gasteiger partial charge in [0.25, 0.3) is 11.3 Å². The van der Waals surface area contributed by atoms with Crippen molar-refractivity contribution in [3.8, 4) is 5.75 Å². The minimum absolute atomic E-state index is 0.537. The molecule has 0 radical (unpaired) electrons. The molecule has 0 amide bonds. The predicted molar refractivity (Wildman–Crippen MR) is 61.2 cm³/mol. The summed E-state index contributed by atoms with van der Waals surface area (Å²) in [5.74, 6) is 0.605. The van der Waals surface area contributed by atoms with Gasteiger partial charge in [0, 0.05) is 0 Å². The van der Waals surface area contributed by atoms with Gasteiger partial charge in [0.2, 0.25) is 0 Å². The van der Waals surface area contributed by atoms with Gasteiger partial charge in [-0.2, -0.15) is 0 Å². The molecule has 84 valence electrons. The van der Waals surface area contributed by atoms with Crippen molar-refractivity contribution in [3.63, 3.8) is 0 Å². The van der Waals surface area contributed by atoms with E-state index < -0.39 is 11.3 Å². The smallest absolute Gasteiger partial charge is 0.259 e. The van der Waals surface area contributed by atoms with E-state index in [-0.39, 0.29) is 0 Å². The van der Waals surface area contributed by atoms with Crippen LogP contribution in [0.15, 0.2) is 24.3 Å². The van der Waals surface area contributed by atoms with E-state index in [1.165, 1.54) is 0 Å². The largest absolute Gasteiger partial charge is 0.491 e. The van der Waals surface area contributed by atoms with E-state index in [4.69, 9.17) is 9.29 Å². The van der Waals surface area contributed by atoms with Crippen LogP contribution >= 0.6 is 0 Å². The fraction of sp³-hybridized carbons (Fsp3) is 0.400. The number of rotatable bonds is 6. The van der Waals surface area contributed by atoms with Crippen LogP contribution in [0.2, 0.25) is 0 Å². The summed E-state index contributed by atoms with van der Waals surface area (Å²) >= 11 is -2.06. The Kier molecular flexibility index (Phi) is 5.14. The fourth-order valence-corrected chi connectivity index (χ4v) is 1.45. The first-order valence-electron chi connectivity index (χ1n) is 4.83. The maximum atomic E-state index is 10.6. The van der Waals surface area contributed by atoms with Crippen molar-refractivity contribution >= 4 is 17.0 Å². The number of para-hydroxylation sites is 2.